The van der Waals surface area contributed by atoms with Crippen molar-refractivity contribution in [3.05, 3.63) is 189 Å². The number of nitrogens with zero attached hydrogens (tertiary/aromatic N) is 10. The number of phosphoric ester groups is 1. The molecular weight excluding hydrogens is 1180 g/mol. The maximum Gasteiger partial charge on any atom is 0.349 e. The van der Waals surface area contributed by atoms with Crippen LogP contribution in [0, 0.1) is 36.0 Å². The number of nitrogens with two attached hydrogens (primary N) is 2. The van der Waals surface area contributed by atoms with Crippen molar-refractivity contribution in [3.63, 3.8) is 0 Å². The van der Waals surface area contributed by atoms with Crippen molar-refractivity contribution < 1.29 is 83.7 Å². The van der Waals surface area contributed by atoms with Crippen LogP contribution in [0.3, 0.4) is 0 Å². The van der Waals surface area contributed by atoms with E-state index >= 15 is 0 Å². The number of anilines is 2. The Morgan fingerprint density at radius 1 is 0.678 bits per heavy atom. The Bertz CT molecular complexity index is 4670. The molecule has 442 valence electrons. The summed E-state index contributed by atoms with van der Waals surface area (Å²) >= 11 is 0. The molecule has 6 atom stereocenters. The van der Waals surface area contributed by atoms with E-state index in [-0.39, 0.29) is 35.5 Å². The summed E-state index contributed by atoms with van der Waals surface area (Å²) in [5, 5.41) is 9.91. The van der Waals surface area contributed by atoms with Gasteiger partial charge in [-0.1, -0.05) is 29.6 Å². The molecule has 1 saturated heterocycles. The van der Waals surface area contributed by atoms with Crippen molar-refractivity contribution in [2.45, 2.75) is 51.7 Å². The molecule has 4 aliphatic heterocycles. The van der Waals surface area contributed by atoms with Gasteiger partial charge in [0, 0.05) is 87.5 Å². The molecule has 87 heavy (non-hydrogen) atoms. The number of aromatic nitrogens is 11. The Morgan fingerprint density at radius 3 is 1.66 bits per heavy atom. The van der Waals surface area contributed by atoms with Gasteiger partial charge in [-0.2, -0.15) is 9.97 Å². The minimum atomic E-state index is -5.90. The first kappa shape index (κ1) is 60.9. The number of aryl methyl sites for hydroxylation is 2. The van der Waals surface area contributed by atoms with Crippen LogP contribution in [0.25, 0.3) is 45.2 Å². The van der Waals surface area contributed by atoms with Gasteiger partial charge in [0.2, 0.25) is 5.95 Å². The van der Waals surface area contributed by atoms with Gasteiger partial charge in [0.15, 0.2) is 42.8 Å². The quantitative estimate of drug-likeness (QED) is 0.0713. The third kappa shape index (κ3) is 14.4. The van der Waals surface area contributed by atoms with E-state index in [1.165, 1.54) is 27.3 Å². The van der Waals surface area contributed by atoms with E-state index in [0.717, 1.165) is 48.1 Å². The Morgan fingerprint density at radius 2 is 1.16 bits per heavy atom. The molecule has 30 heteroatoms. The molecule has 0 radical (unpaired) electrons. The van der Waals surface area contributed by atoms with Crippen LogP contribution in [-0.2, 0) is 65.7 Å². The lowest BCUT2D eigenvalue weighted by molar-refractivity contribution is -0.877. The Balaban J connectivity index is 0.000000131. The number of H-pyrrole nitrogens is 1. The summed E-state index contributed by atoms with van der Waals surface area (Å²) in [5.74, 6) is 15.3. The van der Waals surface area contributed by atoms with Gasteiger partial charge in [-0.25, -0.2) is 13.4 Å². The summed E-state index contributed by atoms with van der Waals surface area (Å²) < 4.78 is 64.2. The molecule has 13 heterocycles. The van der Waals surface area contributed by atoms with Crippen LogP contribution in [0.15, 0.2) is 150 Å². The van der Waals surface area contributed by atoms with Crippen molar-refractivity contribution >= 4 is 46.3 Å². The van der Waals surface area contributed by atoms with E-state index in [9.17, 15) is 43.1 Å². The molecule has 0 spiro atoms. The van der Waals surface area contributed by atoms with Crippen LogP contribution in [-0.4, -0.2) is 59.0 Å². The van der Waals surface area contributed by atoms with Crippen molar-refractivity contribution in [2.75, 3.05) is 18.1 Å². The zero-order valence-corrected chi connectivity index (χ0v) is 49.1. The predicted molar refractivity (Wildman–Crippen MR) is 301 cm³/mol. The van der Waals surface area contributed by atoms with Gasteiger partial charge in [0.25, 0.3) is 63.2 Å². The number of aromatic amines is 1. The van der Waals surface area contributed by atoms with Crippen molar-refractivity contribution in [2.24, 2.45) is 14.1 Å². The van der Waals surface area contributed by atoms with Crippen LogP contribution >= 0.6 is 23.5 Å². The molecule has 1 fully saturated rings. The maximum absolute atomic E-state index is 12.3. The number of nitrogens with one attached hydrogen (secondary N) is 1. The molecule has 27 nitrogen and oxygen atoms in total. The number of aliphatic hydroxyl groups is 1. The highest BCUT2D eigenvalue weighted by Crippen LogP contribution is 2.61. The zero-order valence-electron chi connectivity index (χ0n) is 46.4. The van der Waals surface area contributed by atoms with E-state index < -0.39 is 42.3 Å². The van der Waals surface area contributed by atoms with Gasteiger partial charge in [0.1, 0.15) is 11.9 Å². The Labute approximate surface area is 495 Å². The van der Waals surface area contributed by atoms with E-state index in [0.29, 0.717) is 22.2 Å². The zero-order chi connectivity index (χ0) is 62.0. The van der Waals surface area contributed by atoms with Crippen LogP contribution in [0.4, 0.5) is 11.8 Å². The monoisotopic (exact) mass is 1240 g/mol. The lowest BCUT2D eigenvalue weighted by atomic mass is 10.1. The second-order valence-electron chi connectivity index (χ2n) is 19.9. The number of aliphatic hydroxyl groups excluding tert-OH is 1. The highest BCUT2D eigenvalue weighted by molar-refractivity contribution is 7.65. The van der Waals surface area contributed by atoms with Crippen molar-refractivity contribution in [1.82, 2.24) is 24.1 Å². The molecule has 13 rings (SSSR count). The molecule has 7 N–H and O–H groups in total. The van der Waals surface area contributed by atoms with Crippen LogP contribution in [0.2, 0.25) is 0 Å². The number of rotatable bonds is 7. The molecular formula is C57H53N13O14P3+3. The summed E-state index contributed by atoms with van der Waals surface area (Å²) in [5.41, 5.74) is 22.2. The SMILES string of the molecule is C#Cc1ccc2[n+](c1)C[n+]1ccccc1-2.C[C@H]1CC(O)[C@@H](COP(=O)([O-])OP(=O)([O-])OP(=O)([O-])O)O1.Cn1cc(C#Cc2ccc3[n+](c2)C[n+]2ccccc2-3)c(N)nc1=O.Cn1cc(C#Cc2ccc3[n+](c2)C[n+]2ccccc2-3)c2c(=O)[nH]c(N)nc21. The van der Waals surface area contributed by atoms with Gasteiger partial charge in [-0.05, 0) is 43.3 Å². The third-order valence-corrected chi connectivity index (χ3v) is 17.3. The summed E-state index contributed by atoms with van der Waals surface area (Å²) in [6.45, 7) is 3.24. The first-order valence-electron chi connectivity index (χ1n) is 26.2. The second kappa shape index (κ2) is 25.0. The number of ether oxygens (including phenoxy) is 1. The van der Waals surface area contributed by atoms with Gasteiger partial charge in [-0.15, -0.1) is 33.8 Å². The number of terminal acetylenes is 1. The Hall–Kier alpha value is -9.19. The maximum atomic E-state index is 12.3. The molecule has 9 aromatic rings. The number of hydrogen-bond donors (Lipinski definition) is 5. The van der Waals surface area contributed by atoms with Crippen LogP contribution in [0.5, 0.6) is 0 Å². The number of fused-ring (bicyclic) bond motifs is 10. The van der Waals surface area contributed by atoms with E-state index in [1.54, 1.807) is 30.9 Å². The van der Waals surface area contributed by atoms with Gasteiger partial charge < -0.3 is 54.5 Å². The molecule has 4 unspecified atom stereocenters. The minimum Gasteiger partial charge on any atom is -0.756 e. The highest BCUT2D eigenvalue weighted by Gasteiger charge is 2.36. The summed E-state index contributed by atoms with van der Waals surface area (Å²) in [6, 6.07) is 30.7. The normalized spacial score (nSPS) is 17.2. The standard InChI is InChI=1S/C20H14N6O.C18H14N5O.C13H10N2.C6H15O12P3/c1-24-11-14(17-18(24)22-20(21)23-19(17)27)7-5-13-6-8-16-15-4-2-3-9-25(15)12-26(16)10-13;1-21-11-14(17(19)20-18(21)24)7-5-13-6-8-16-15-4-2-3-9-22(15)12-23(16)10-13;1-2-11-6-7-13-12-5-3-4-8-14(12)10-15(13)9-11;1-4-2-5(7)6(16-4)3-15-20(11,12)18-21(13,14)17-19(8,9)10/h2-4,6,8-11H,12H2,1H3,(H-,21,23,27);2-4,6,8-11H,12H2,1H3,(H-,19,20,24);1,3-9H,10H2;4-7H,2-3H2,1H3,(H,11,12)(H,13,14)(H2,8,9,10)/q;+1;+2;/t;;;4-,5?,6+/m...0/s1. The smallest absolute Gasteiger partial charge is 0.349 e. The summed E-state index contributed by atoms with van der Waals surface area (Å²) in [6.07, 6.45) is 18.9. The summed E-state index contributed by atoms with van der Waals surface area (Å²) in [7, 11) is -13.7. The largest absolute Gasteiger partial charge is 0.756 e. The molecule has 0 aliphatic carbocycles. The summed E-state index contributed by atoms with van der Waals surface area (Å²) in [4.78, 5) is 74.6. The molecule has 4 aliphatic rings. The topological polar surface area (TPSA) is 359 Å². The Kier molecular flexibility index (Phi) is 17.5. The molecule has 9 aromatic heterocycles. The van der Waals surface area contributed by atoms with Crippen molar-refractivity contribution in [1.29, 1.82) is 0 Å². The van der Waals surface area contributed by atoms with Gasteiger partial charge in [0.05, 0.1) is 52.0 Å². The predicted octanol–water partition coefficient (Wildman–Crippen LogP) is -1.17. The van der Waals surface area contributed by atoms with Crippen molar-refractivity contribution in [3.8, 4) is 70.2 Å². The minimum absolute atomic E-state index is 0.0975. The van der Waals surface area contributed by atoms with E-state index in [1.807, 2.05) is 74.2 Å². The second-order valence-corrected chi connectivity index (χ2v) is 24.2. The first-order chi connectivity index (χ1) is 41.4. The fourth-order valence-corrected chi connectivity index (χ4v) is 12.7. The lowest BCUT2D eigenvalue weighted by Crippen LogP contribution is -2.45. The molecule has 0 amide bonds. The van der Waals surface area contributed by atoms with Gasteiger partial charge >= 0.3 is 25.7 Å². The number of phosphoric acid groups is 3. The van der Waals surface area contributed by atoms with Crippen LogP contribution in [0.1, 0.15) is 41.2 Å². The number of nitrogen functional groups attached to an aromatic ring is 2. The fourth-order valence-electron chi connectivity index (χ4n) is 9.77. The molecule has 0 saturated carbocycles. The number of pyridine rings is 6. The average molecular weight is 1240 g/mol. The van der Waals surface area contributed by atoms with Crippen LogP contribution < -0.4 is 64.8 Å². The fraction of sp³-hybridized carbons (Fsp3) is 0.193. The lowest BCUT2D eigenvalue weighted by Gasteiger charge is -2.33. The third-order valence-electron chi connectivity index (χ3n) is 13.6. The first-order valence-corrected chi connectivity index (χ1v) is 30.6. The molecule has 0 aromatic carbocycles. The highest BCUT2D eigenvalue weighted by atomic mass is 31.3. The van der Waals surface area contributed by atoms with E-state index in [2.05, 4.69) is 146 Å². The molecule has 0 bridgehead atoms. The van der Waals surface area contributed by atoms with E-state index in [4.69, 9.17) is 27.5 Å². The number of hydrogen-bond acceptors (Lipinski definition) is 17. The van der Waals surface area contributed by atoms with Gasteiger partial charge in [-0.3, -0.25) is 23.5 Å². The average Bonchev–Trinajstić information content (AvgIpc) is 2.71.